The maximum Gasteiger partial charge on any atom is 0.404 e. The number of hydrogen-bond acceptors (Lipinski definition) is 3. The molecule has 0 atom stereocenters. The van der Waals surface area contributed by atoms with E-state index in [9.17, 15) is 0 Å². The molecule has 0 aliphatic rings. The summed E-state index contributed by atoms with van der Waals surface area (Å²) in [5.41, 5.74) is 2.24. The number of aryl methyl sites for hydroxylation is 1. The van der Waals surface area contributed by atoms with E-state index >= 15 is 0 Å². The van der Waals surface area contributed by atoms with E-state index < -0.39 is 0 Å². The average molecular weight is 499 g/mol. The van der Waals surface area contributed by atoms with Gasteiger partial charge in [-0.25, -0.2) is 0 Å². The third kappa shape index (κ3) is 3.88. The SMILES string of the molecule is Cc1nc(-c2nn(-c3ccccc3)[n+](-c3ccccc3)n2)n(-c2c(Cl)cc(Cl)cc2Cl)[n+]1C. The van der Waals surface area contributed by atoms with Crippen molar-refractivity contribution >= 4 is 34.8 Å². The summed E-state index contributed by atoms with van der Waals surface area (Å²) in [6.07, 6.45) is 0. The van der Waals surface area contributed by atoms with Gasteiger partial charge < -0.3 is 0 Å². The van der Waals surface area contributed by atoms with Crippen LogP contribution in [0.1, 0.15) is 5.82 Å². The van der Waals surface area contributed by atoms with Crippen molar-refractivity contribution in [3.8, 4) is 28.7 Å². The Kier molecular flexibility index (Phi) is 5.62. The minimum atomic E-state index is 0.389. The molecule has 0 fully saturated rings. The number of benzene rings is 3. The number of para-hydroxylation sites is 2. The summed E-state index contributed by atoms with van der Waals surface area (Å²) in [5.74, 6) is 1.61. The lowest BCUT2D eigenvalue weighted by Gasteiger charge is -2.08. The first-order valence-electron chi connectivity index (χ1n) is 10.1. The molecule has 10 heteroatoms. The van der Waals surface area contributed by atoms with E-state index in [4.69, 9.17) is 50.0 Å². The molecule has 0 aliphatic carbocycles. The van der Waals surface area contributed by atoms with Crippen molar-refractivity contribution in [2.75, 3.05) is 0 Å². The molecule has 0 aliphatic heterocycles. The van der Waals surface area contributed by atoms with Gasteiger partial charge in [0.15, 0.2) is 5.69 Å². The van der Waals surface area contributed by atoms with Crippen LogP contribution in [0.25, 0.3) is 28.7 Å². The van der Waals surface area contributed by atoms with Crippen LogP contribution in [0.3, 0.4) is 0 Å². The Bertz CT molecular complexity index is 1380. The number of aromatic nitrogens is 7. The first kappa shape index (κ1) is 21.6. The van der Waals surface area contributed by atoms with Crippen LogP contribution < -0.4 is 9.48 Å². The van der Waals surface area contributed by atoms with Crippen molar-refractivity contribution in [3.05, 3.63) is 93.7 Å². The number of rotatable bonds is 4. The molecule has 33 heavy (non-hydrogen) atoms. The third-order valence-corrected chi connectivity index (χ3v) is 5.96. The molecule has 0 amide bonds. The Labute approximate surface area is 205 Å². The van der Waals surface area contributed by atoms with E-state index in [0.29, 0.717) is 32.4 Å². The van der Waals surface area contributed by atoms with Crippen LogP contribution in [0.15, 0.2) is 72.8 Å². The van der Waals surface area contributed by atoms with Crippen LogP contribution >= 0.6 is 34.8 Å². The summed E-state index contributed by atoms with van der Waals surface area (Å²) in [7, 11) is 1.87. The smallest absolute Gasteiger partial charge is 0.152 e. The first-order chi connectivity index (χ1) is 15.9. The molecular weight excluding hydrogens is 481 g/mol. The molecule has 0 bridgehead atoms. The molecule has 164 valence electrons. The zero-order valence-electron chi connectivity index (χ0n) is 17.7. The number of halogens is 3. The van der Waals surface area contributed by atoms with Gasteiger partial charge in [-0.1, -0.05) is 71.2 Å². The van der Waals surface area contributed by atoms with Crippen molar-refractivity contribution in [3.63, 3.8) is 0 Å². The average Bonchev–Trinajstić information content (AvgIpc) is 3.37. The molecule has 2 heterocycles. The van der Waals surface area contributed by atoms with Gasteiger partial charge in [0, 0.05) is 21.8 Å². The van der Waals surface area contributed by atoms with Crippen molar-refractivity contribution in [1.82, 2.24) is 24.7 Å². The van der Waals surface area contributed by atoms with Crippen molar-refractivity contribution < 1.29 is 9.48 Å². The molecule has 0 spiro atoms. The van der Waals surface area contributed by atoms with Crippen LogP contribution in [-0.4, -0.2) is 24.7 Å². The van der Waals surface area contributed by atoms with E-state index in [1.807, 2.05) is 79.3 Å². The molecule has 5 aromatic rings. The summed E-state index contributed by atoms with van der Waals surface area (Å²) < 4.78 is 3.63. The predicted molar refractivity (Wildman–Crippen MR) is 126 cm³/mol. The zero-order chi connectivity index (χ0) is 23.1. The fourth-order valence-corrected chi connectivity index (χ4v) is 4.50. The van der Waals surface area contributed by atoms with Gasteiger partial charge in [0.1, 0.15) is 18.4 Å². The lowest BCUT2D eigenvalue weighted by Crippen LogP contribution is -2.43. The van der Waals surface area contributed by atoms with Crippen LogP contribution in [0, 0.1) is 6.92 Å². The summed E-state index contributed by atoms with van der Waals surface area (Å²) >= 11 is 19.3. The highest BCUT2D eigenvalue weighted by atomic mass is 35.5. The topological polar surface area (TPSA) is 56.3 Å². The minimum Gasteiger partial charge on any atom is -0.152 e. The van der Waals surface area contributed by atoms with Gasteiger partial charge in [0.2, 0.25) is 0 Å². The lowest BCUT2D eigenvalue weighted by molar-refractivity contribution is -0.750. The molecular formula is C23H18Cl3N7+2. The fourth-order valence-electron chi connectivity index (χ4n) is 3.53. The Hall–Kier alpha value is -3.26. The van der Waals surface area contributed by atoms with Gasteiger partial charge in [-0.3, -0.25) is 0 Å². The molecule has 0 unspecified atom stereocenters. The van der Waals surface area contributed by atoms with Gasteiger partial charge in [0.05, 0.1) is 15.1 Å². The standard InChI is InChI=1S/C23H18Cl3N7/c1-15-27-23(31(30(15)2)21-19(25)13-16(24)14-20(21)26)22-28-32(17-9-5-3-6-10-17)33(29-22)18-11-7-4-8-12-18/h3-14H,1-2H3/q+2. The Balaban J connectivity index is 1.77. The fraction of sp³-hybridized carbons (Fsp3) is 0.0870. The molecule has 2 aromatic heterocycles. The minimum absolute atomic E-state index is 0.389. The van der Waals surface area contributed by atoms with E-state index in [1.54, 1.807) is 26.4 Å². The second kappa shape index (κ2) is 8.59. The zero-order valence-corrected chi connectivity index (χ0v) is 20.0. The molecule has 0 saturated heterocycles. The van der Waals surface area contributed by atoms with Crippen molar-refractivity contribution in [1.29, 1.82) is 0 Å². The Morgan fingerprint density at radius 3 is 2.09 bits per heavy atom. The molecule has 0 saturated carbocycles. The van der Waals surface area contributed by atoms with Gasteiger partial charge in [-0.2, -0.15) is 4.68 Å². The summed E-state index contributed by atoms with van der Waals surface area (Å²) in [4.78, 5) is 8.18. The van der Waals surface area contributed by atoms with Crippen LogP contribution in [0.2, 0.25) is 15.1 Å². The van der Waals surface area contributed by atoms with Crippen molar-refractivity contribution in [2.24, 2.45) is 7.05 Å². The largest absolute Gasteiger partial charge is 0.404 e. The number of tetrazole rings is 1. The second-order valence-corrected chi connectivity index (χ2v) is 8.56. The van der Waals surface area contributed by atoms with E-state index in [0.717, 1.165) is 17.2 Å². The number of nitrogens with zero attached hydrogens (tertiary/aromatic N) is 7. The van der Waals surface area contributed by atoms with Gasteiger partial charge in [0.25, 0.3) is 0 Å². The quantitative estimate of drug-likeness (QED) is 0.343. The molecule has 0 N–H and O–H groups in total. The van der Waals surface area contributed by atoms with Gasteiger partial charge in [-0.15, -0.1) is 4.68 Å². The Morgan fingerprint density at radius 2 is 1.45 bits per heavy atom. The number of hydrogen-bond donors (Lipinski definition) is 0. The molecule has 0 radical (unpaired) electrons. The van der Waals surface area contributed by atoms with Crippen LogP contribution in [0.4, 0.5) is 0 Å². The highest BCUT2D eigenvalue weighted by Gasteiger charge is 2.35. The maximum atomic E-state index is 6.56. The van der Waals surface area contributed by atoms with E-state index in [1.165, 1.54) is 0 Å². The summed E-state index contributed by atoms with van der Waals surface area (Å²) in [6.45, 7) is 1.89. The highest BCUT2D eigenvalue weighted by molar-refractivity contribution is 6.40. The normalized spacial score (nSPS) is 11.2. The third-order valence-electron chi connectivity index (χ3n) is 5.16. The monoisotopic (exact) mass is 497 g/mol. The van der Waals surface area contributed by atoms with Gasteiger partial charge >= 0.3 is 17.5 Å². The Morgan fingerprint density at radius 1 is 0.848 bits per heavy atom. The molecule has 5 rings (SSSR count). The predicted octanol–water partition coefficient (Wildman–Crippen LogP) is 4.49. The van der Waals surface area contributed by atoms with Gasteiger partial charge in [-0.05, 0) is 46.2 Å². The van der Waals surface area contributed by atoms with E-state index in [-0.39, 0.29) is 0 Å². The lowest BCUT2D eigenvalue weighted by atomic mass is 10.3. The second-order valence-electron chi connectivity index (χ2n) is 7.31. The van der Waals surface area contributed by atoms with Crippen LogP contribution in [0.5, 0.6) is 0 Å². The van der Waals surface area contributed by atoms with Crippen LogP contribution in [-0.2, 0) is 7.05 Å². The van der Waals surface area contributed by atoms with E-state index in [2.05, 4.69) is 0 Å². The first-order valence-corrected chi connectivity index (χ1v) is 11.2. The molecule has 7 nitrogen and oxygen atoms in total. The van der Waals surface area contributed by atoms with Crippen molar-refractivity contribution in [2.45, 2.75) is 6.92 Å². The maximum absolute atomic E-state index is 6.56. The molecule has 3 aromatic carbocycles. The summed E-state index contributed by atoms with van der Waals surface area (Å²) in [5, 5.41) is 10.8. The summed E-state index contributed by atoms with van der Waals surface area (Å²) in [6, 6.07) is 22.8. The highest BCUT2D eigenvalue weighted by Crippen LogP contribution is 2.33.